The molecule has 0 unspecified atom stereocenters. The van der Waals surface area contributed by atoms with Crippen LogP contribution in [0.4, 0.5) is 4.39 Å². The maximum absolute atomic E-state index is 12.8. The summed E-state index contributed by atoms with van der Waals surface area (Å²) < 4.78 is 44.0. The van der Waals surface area contributed by atoms with Crippen molar-refractivity contribution in [2.24, 2.45) is 0 Å². The van der Waals surface area contributed by atoms with E-state index in [1.165, 1.54) is 30.3 Å². The molecule has 2 aromatic carbocycles. The van der Waals surface area contributed by atoms with E-state index in [2.05, 4.69) is 4.72 Å². The van der Waals surface area contributed by atoms with Crippen LogP contribution in [0.2, 0.25) is 0 Å². The van der Waals surface area contributed by atoms with Crippen molar-refractivity contribution in [2.75, 3.05) is 7.11 Å². The molecule has 0 atom stereocenters. The highest BCUT2D eigenvalue weighted by Gasteiger charge is 2.05. The monoisotopic (exact) mass is 321 g/mol. The molecule has 116 valence electrons. The highest BCUT2D eigenvalue weighted by molar-refractivity contribution is 7.92. The highest BCUT2D eigenvalue weighted by atomic mass is 32.2. The van der Waals surface area contributed by atoms with Gasteiger partial charge in [-0.25, -0.2) is 17.5 Å². The van der Waals surface area contributed by atoms with Crippen molar-refractivity contribution in [3.05, 3.63) is 70.9 Å². The molecular formula is C16H16FNO3S. The molecule has 0 aliphatic carbocycles. The normalized spacial score (nSPS) is 11.7. The summed E-state index contributed by atoms with van der Waals surface area (Å²) in [5.74, 6) is 0.348. The third-order valence-electron chi connectivity index (χ3n) is 2.95. The summed E-state index contributed by atoms with van der Waals surface area (Å²) in [5, 5.41) is 1.10. The second-order valence-electron chi connectivity index (χ2n) is 4.57. The van der Waals surface area contributed by atoms with Crippen molar-refractivity contribution >= 4 is 16.1 Å². The van der Waals surface area contributed by atoms with Crippen LogP contribution in [0.3, 0.4) is 0 Å². The van der Waals surface area contributed by atoms with Crippen molar-refractivity contribution in [3.8, 4) is 5.75 Å². The molecule has 0 bridgehead atoms. The number of benzene rings is 2. The van der Waals surface area contributed by atoms with Crippen molar-refractivity contribution in [3.63, 3.8) is 0 Å². The molecule has 0 fully saturated rings. The molecule has 0 aliphatic heterocycles. The summed E-state index contributed by atoms with van der Waals surface area (Å²) in [6.45, 7) is 0.107. The maximum atomic E-state index is 12.8. The smallest absolute Gasteiger partial charge is 0.234 e. The first-order chi connectivity index (χ1) is 10.5. The van der Waals surface area contributed by atoms with Crippen LogP contribution < -0.4 is 9.46 Å². The molecule has 0 heterocycles. The number of methoxy groups -OCH3 is 1. The minimum atomic E-state index is -3.56. The van der Waals surface area contributed by atoms with Gasteiger partial charge in [0, 0.05) is 12.0 Å². The first-order valence-electron chi connectivity index (χ1n) is 6.55. The van der Waals surface area contributed by atoms with E-state index < -0.39 is 10.0 Å². The third-order valence-corrected chi connectivity index (χ3v) is 3.99. The zero-order valence-electron chi connectivity index (χ0n) is 12.0. The quantitative estimate of drug-likeness (QED) is 0.890. The van der Waals surface area contributed by atoms with Crippen molar-refractivity contribution < 1.29 is 17.5 Å². The average Bonchev–Trinajstić information content (AvgIpc) is 2.53. The van der Waals surface area contributed by atoms with Gasteiger partial charge in [-0.05, 0) is 41.5 Å². The second-order valence-corrected chi connectivity index (χ2v) is 6.22. The van der Waals surface area contributed by atoms with Crippen molar-refractivity contribution in [1.82, 2.24) is 4.72 Å². The number of halogens is 1. The van der Waals surface area contributed by atoms with E-state index in [1.54, 1.807) is 31.4 Å². The van der Waals surface area contributed by atoms with Gasteiger partial charge < -0.3 is 4.74 Å². The standard InChI is InChI=1S/C16H16FNO3S/c1-21-16-8-4-13(5-9-16)10-11-22(19,20)18-12-14-2-6-15(17)7-3-14/h2-11,18H,12H2,1H3. The molecule has 0 radical (unpaired) electrons. The fourth-order valence-corrected chi connectivity index (χ4v) is 2.52. The lowest BCUT2D eigenvalue weighted by atomic mass is 10.2. The number of hydrogen-bond acceptors (Lipinski definition) is 3. The Kier molecular flexibility index (Phi) is 5.30. The topological polar surface area (TPSA) is 55.4 Å². The van der Waals surface area contributed by atoms with Crippen LogP contribution in [-0.4, -0.2) is 15.5 Å². The zero-order chi connectivity index (χ0) is 16.0. The van der Waals surface area contributed by atoms with Crippen LogP contribution in [0.25, 0.3) is 6.08 Å². The molecule has 0 saturated heterocycles. The molecule has 1 N–H and O–H groups in total. The average molecular weight is 321 g/mol. The van der Waals surface area contributed by atoms with Crippen molar-refractivity contribution in [2.45, 2.75) is 6.54 Å². The van der Waals surface area contributed by atoms with Crippen LogP contribution >= 0.6 is 0 Å². The molecule has 0 saturated carbocycles. The summed E-state index contributed by atoms with van der Waals surface area (Å²) in [5.41, 5.74) is 1.43. The lowest BCUT2D eigenvalue weighted by molar-refractivity contribution is 0.415. The van der Waals surface area contributed by atoms with E-state index in [0.717, 1.165) is 11.0 Å². The number of sulfonamides is 1. The van der Waals surface area contributed by atoms with Crippen LogP contribution in [0, 0.1) is 5.82 Å². The summed E-state index contributed by atoms with van der Waals surface area (Å²) >= 11 is 0. The minimum Gasteiger partial charge on any atom is -0.497 e. The third kappa shape index (κ3) is 4.98. The Balaban J connectivity index is 1.97. The minimum absolute atomic E-state index is 0.107. The predicted octanol–water partition coefficient (Wildman–Crippen LogP) is 2.92. The Morgan fingerprint density at radius 1 is 1.09 bits per heavy atom. The molecule has 0 aliphatic rings. The predicted molar refractivity (Wildman–Crippen MR) is 84.2 cm³/mol. The summed E-state index contributed by atoms with van der Waals surface area (Å²) in [7, 11) is -2.00. The number of nitrogens with one attached hydrogen (secondary N) is 1. The Hall–Kier alpha value is -2.18. The SMILES string of the molecule is COc1ccc(C=CS(=O)(=O)NCc2ccc(F)cc2)cc1. The van der Waals surface area contributed by atoms with E-state index in [1.807, 2.05) is 0 Å². The fourth-order valence-electron chi connectivity index (χ4n) is 1.72. The Morgan fingerprint density at radius 3 is 2.32 bits per heavy atom. The van der Waals surface area contributed by atoms with Gasteiger partial charge in [0.2, 0.25) is 10.0 Å². The van der Waals surface area contributed by atoms with E-state index in [9.17, 15) is 12.8 Å². The Bertz CT molecular complexity index is 738. The van der Waals surface area contributed by atoms with Gasteiger partial charge in [0.25, 0.3) is 0 Å². The Labute approximate surface area is 129 Å². The van der Waals surface area contributed by atoms with Gasteiger partial charge in [0.1, 0.15) is 11.6 Å². The zero-order valence-corrected chi connectivity index (χ0v) is 12.8. The van der Waals surface area contributed by atoms with Crippen molar-refractivity contribution in [1.29, 1.82) is 0 Å². The largest absolute Gasteiger partial charge is 0.497 e. The van der Waals surface area contributed by atoms with Gasteiger partial charge in [-0.2, -0.15) is 0 Å². The lowest BCUT2D eigenvalue weighted by Gasteiger charge is -2.03. The van der Waals surface area contributed by atoms with Gasteiger partial charge in [-0.15, -0.1) is 0 Å². The van der Waals surface area contributed by atoms with Gasteiger partial charge >= 0.3 is 0 Å². The van der Waals surface area contributed by atoms with E-state index in [4.69, 9.17) is 4.74 Å². The number of ether oxygens (including phenoxy) is 1. The molecule has 0 aromatic heterocycles. The van der Waals surface area contributed by atoms with Gasteiger partial charge in [-0.3, -0.25) is 0 Å². The molecule has 4 nitrogen and oxygen atoms in total. The lowest BCUT2D eigenvalue weighted by Crippen LogP contribution is -2.20. The summed E-state index contributed by atoms with van der Waals surface area (Å²) in [4.78, 5) is 0. The molecular weight excluding hydrogens is 305 g/mol. The second kappa shape index (κ2) is 7.20. The van der Waals surface area contributed by atoms with E-state index >= 15 is 0 Å². The van der Waals surface area contributed by atoms with Crippen LogP contribution in [0.5, 0.6) is 5.75 Å². The molecule has 2 aromatic rings. The van der Waals surface area contributed by atoms with Crippen LogP contribution in [0.1, 0.15) is 11.1 Å². The fraction of sp³-hybridized carbons (Fsp3) is 0.125. The maximum Gasteiger partial charge on any atom is 0.234 e. The molecule has 2 rings (SSSR count). The molecule has 0 amide bonds. The molecule has 6 heteroatoms. The first-order valence-corrected chi connectivity index (χ1v) is 8.09. The number of hydrogen-bond donors (Lipinski definition) is 1. The Morgan fingerprint density at radius 2 is 1.73 bits per heavy atom. The summed E-state index contributed by atoms with van der Waals surface area (Å²) in [6.07, 6.45) is 1.49. The molecule has 0 spiro atoms. The van der Waals surface area contributed by atoms with E-state index in [-0.39, 0.29) is 12.4 Å². The molecule has 22 heavy (non-hydrogen) atoms. The van der Waals surface area contributed by atoms with Crippen LogP contribution in [-0.2, 0) is 16.6 Å². The van der Waals surface area contributed by atoms with E-state index in [0.29, 0.717) is 11.3 Å². The number of rotatable bonds is 6. The van der Waals surface area contributed by atoms with Crippen LogP contribution in [0.15, 0.2) is 53.9 Å². The van der Waals surface area contributed by atoms with Gasteiger partial charge in [0.15, 0.2) is 0 Å². The van der Waals surface area contributed by atoms with Gasteiger partial charge in [-0.1, -0.05) is 24.3 Å². The van der Waals surface area contributed by atoms with Gasteiger partial charge in [0.05, 0.1) is 7.11 Å². The highest BCUT2D eigenvalue weighted by Crippen LogP contribution is 2.12. The summed E-state index contributed by atoms with van der Waals surface area (Å²) in [6, 6.07) is 12.6. The first kappa shape index (κ1) is 16.2.